The average Bonchev–Trinajstić information content (AvgIpc) is 3.12. The molecule has 4 atom stereocenters. The van der Waals surface area contributed by atoms with Crippen LogP contribution in [0.4, 0.5) is 0 Å². The minimum Gasteiger partial charge on any atom is -0.394 e. The molecule has 0 spiro atoms. The fraction of sp³-hybridized carbons (Fsp3) is 0.795. The Morgan fingerprint density at radius 3 is 1.30 bits per heavy atom. The predicted octanol–water partition coefficient (Wildman–Crippen LogP) is 10.7. The molecule has 0 aliphatic rings. The van der Waals surface area contributed by atoms with Crippen molar-refractivity contribution in [1.29, 1.82) is 0 Å². The molecule has 0 aromatic carbocycles. The summed E-state index contributed by atoms with van der Waals surface area (Å²) in [5.41, 5.74) is 0. The van der Waals surface area contributed by atoms with Gasteiger partial charge in [0.1, 0.15) is 12.2 Å². The highest BCUT2D eigenvalue weighted by molar-refractivity contribution is 5.80. The zero-order valence-corrected chi connectivity index (χ0v) is 32.6. The second-order valence-corrected chi connectivity index (χ2v) is 14.3. The lowest BCUT2D eigenvalue weighted by atomic mass is 10.00. The molecule has 1 amide bonds. The molecule has 0 fully saturated rings. The number of allylic oxidation sites excluding steroid dienone is 8. The van der Waals surface area contributed by atoms with Crippen LogP contribution in [0, 0.1) is 0 Å². The van der Waals surface area contributed by atoms with Gasteiger partial charge in [0.05, 0.1) is 18.8 Å². The van der Waals surface area contributed by atoms with E-state index in [2.05, 4.69) is 67.8 Å². The van der Waals surface area contributed by atoms with E-state index in [0.29, 0.717) is 19.3 Å². The van der Waals surface area contributed by atoms with Gasteiger partial charge in [-0.05, 0) is 89.9 Å². The van der Waals surface area contributed by atoms with E-state index in [9.17, 15) is 25.2 Å². The van der Waals surface area contributed by atoms with Crippen LogP contribution in [0.5, 0.6) is 0 Å². The lowest BCUT2D eigenvalue weighted by Gasteiger charge is -2.27. The minimum absolute atomic E-state index is 0.350. The zero-order chi connectivity index (χ0) is 36.8. The maximum atomic E-state index is 12.5. The Labute approximate surface area is 309 Å². The molecule has 4 unspecified atom stereocenters. The van der Waals surface area contributed by atoms with Crippen molar-refractivity contribution in [2.45, 2.75) is 218 Å². The summed E-state index contributed by atoms with van der Waals surface area (Å²) >= 11 is 0. The summed E-state index contributed by atoms with van der Waals surface area (Å²) in [5.74, 6) is -0.607. The van der Waals surface area contributed by atoms with Crippen molar-refractivity contribution in [3.05, 3.63) is 48.6 Å². The van der Waals surface area contributed by atoms with Gasteiger partial charge in [-0.15, -0.1) is 0 Å². The number of carbonyl (C=O) groups is 1. The summed E-state index contributed by atoms with van der Waals surface area (Å²) < 4.78 is 0. The Balaban J connectivity index is 3.86. The highest BCUT2D eigenvalue weighted by atomic mass is 16.3. The van der Waals surface area contributed by atoms with Crippen LogP contribution in [0.3, 0.4) is 0 Å². The van der Waals surface area contributed by atoms with Crippen LogP contribution in [0.15, 0.2) is 48.6 Å². The molecule has 0 saturated carbocycles. The summed E-state index contributed by atoms with van der Waals surface area (Å²) in [6.45, 7) is 3.99. The van der Waals surface area contributed by atoms with E-state index < -0.39 is 36.9 Å². The van der Waals surface area contributed by atoms with Gasteiger partial charge in [0.15, 0.2) is 0 Å². The molecule has 0 heterocycles. The van der Waals surface area contributed by atoms with Gasteiger partial charge in [0.2, 0.25) is 5.91 Å². The number of nitrogens with one attached hydrogen (secondary N) is 1. The molecule has 292 valence electrons. The fourth-order valence-electron chi connectivity index (χ4n) is 6.08. The maximum Gasteiger partial charge on any atom is 0.249 e. The third kappa shape index (κ3) is 32.2. The number of rotatable bonds is 37. The topological polar surface area (TPSA) is 110 Å². The van der Waals surface area contributed by atoms with Crippen molar-refractivity contribution in [3.63, 3.8) is 0 Å². The van der Waals surface area contributed by atoms with Gasteiger partial charge in [0, 0.05) is 0 Å². The van der Waals surface area contributed by atoms with Crippen LogP contribution >= 0.6 is 0 Å². The van der Waals surface area contributed by atoms with Gasteiger partial charge in [0.25, 0.3) is 0 Å². The molecule has 0 aliphatic carbocycles. The van der Waals surface area contributed by atoms with Crippen molar-refractivity contribution in [2.75, 3.05) is 6.61 Å². The van der Waals surface area contributed by atoms with E-state index in [1.54, 1.807) is 0 Å². The highest BCUT2D eigenvalue weighted by Gasteiger charge is 2.28. The molecule has 5 N–H and O–H groups in total. The molecule has 50 heavy (non-hydrogen) atoms. The maximum absolute atomic E-state index is 12.5. The Bertz CT molecular complexity index is 838. The molecule has 0 aromatic rings. The first-order chi connectivity index (χ1) is 24.5. The Morgan fingerprint density at radius 2 is 0.840 bits per heavy atom. The van der Waals surface area contributed by atoms with Crippen LogP contribution in [-0.2, 0) is 4.79 Å². The molecule has 0 rings (SSSR count). The summed E-state index contributed by atoms with van der Waals surface area (Å²) in [6, 6.07) is -1.01. The third-order valence-corrected chi connectivity index (χ3v) is 9.47. The normalized spacial score (nSPS) is 14.8. The number of carbonyl (C=O) groups excluding carboxylic acids is 1. The van der Waals surface area contributed by atoms with E-state index in [0.717, 1.165) is 64.2 Å². The van der Waals surface area contributed by atoms with Crippen molar-refractivity contribution in [2.24, 2.45) is 0 Å². The highest BCUT2D eigenvalue weighted by Crippen LogP contribution is 2.14. The van der Waals surface area contributed by atoms with Crippen LogP contribution in [-0.4, -0.2) is 57.3 Å². The predicted molar refractivity (Wildman–Crippen MR) is 214 cm³/mol. The van der Waals surface area contributed by atoms with Gasteiger partial charge in [-0.3, -0.25) is 4.79 Å². The van der Waals surface area contributed by atoms with Crippen molar-refractivity contribution < 1.29 is 25.2 Å². The van der Waals surface area contributed by atoms with Crippen LogP contribution in [0.1, 0.15) is 194 Å². The lowest BCUT2D eigenvalue weighted by molar-refractivity contribution is -0.132. The number of unbranched alkanes of at least 4 members (excludes halogenated alkanes) is 20. The number of aliphatic hydroxyl groups excluding tert-OH is 4. The molecule has 0 saturated heterocycles. The van der Waals surface area contributed by atoms with E-state index in [4.69, 9.17) is 0 Å². The van der Waals surface area contributed by atoms with Crippen LogP contribution in [0.25, 0.3) is 0 Å². The average molecular weight is 704 g/mol. The summed E-state index contributed by atoms with van der Waals surface area (Å²) in [4.78, 5) is 12.5. The van der Waals surface area contributed by atoms with Gasteiger partial charge in [-0.1, -0.05) is 152 Å². The fourth-order valence-corrected chi connectivity index (χ4v) is 6.08. The molecule has 0 bridgehead atoms. The van der Waals surface area contributed by atoms with Gasteiger partial charge < -0.3 is 25.7 Å². The molecular formula is C44H81NO5. The smallest absolute Gasteiger partial charge is 0.249 e. The monoisotopic (exact) mass is 704 g/mol. The van der Waals surface area contributed by atoms with Gasteiger partial charge >= 0.3 is 0 Å². The van der Waals surface area contributed by atoms with Crippen molar-refractivity contribution in [3.8, 4) is 0 Å². The first kappa shape index (κ1) is 48.3. The number of amides is 1. The molecule has 6 heteroatoms. The van der Waals surface area contributed by atoms with E-state index in [1.807, 2.05) is 0 Å². The summed E-state index contributed by atoms with van der Waals surface area (Å²) in [7, 11) is 0. The van der Waals surface area contributed by atoms with Gasteiger partial charge in [-0.25, -0.2) is 0 Å². The SMILES string of the molecule is CCCCC/C=C/CC/C=C/CC/C=C/CCCC(O)C(O)C(CO)NC(=O)C(O)CCCCCCCC/C=C\CCCCCCCCCC. The van der Waals surface area contributed by atoms with E-state index in [1.165, 1.54) is 96.3 Å². The largest absolute Gasteiger partial charge is 0.394 e. The number of hydrogen-bond donors (Lipinski definition) is 5. The van der Waals surface area contributed by atoms with E-state index in [-0.39, 0.29) is 0 Å². The Hall–Kier alpha value is -1.73. The van der Waals surface area contributed by atoms with Gasteiger partial charge in [-0.2, -0.15) is 0 Å². The minimum atomic E-state index is -1.29. The van der Waals surface area contributed by atoms with E-state index >= 15 is 0 Å². The standard InChI is InChI=1S/C44H81NO5/c1-3-5-7-9-11-13-15-17-19-21-22-24-26-28-30-32-34-36-38-42(48)44(50)45-40(39-46)43(49)41(47)37-35-33-31-29-27-25-23-20-18-16-14-12-10-8-6-4-2/h12,14,20-23,29,31,40-43,46-49H,3-11,13,15-19,24-28,30,32-39H2,1-2H3,(H,45,50)/b14-12+,22-21-,23-20+,31-29+. The van der Waals surface area contributed by atoms with Crippen molar-refractivity contribution >= 4 is 5.91 Å². The Morgan fingerprint density at radius 1 is 0.480 bits per heavy atom. The summed E-state index contributed by atoms with van der Waals surface area (Å²) in [6.07, 6.45) is 45.6. The number of hydrogen-bond acceptors (Lipinski definition) is 5. The molecule has 0 radical (unpaired) electrons. The van der Waals surface area contributed by atoms with Crippen LogP contribution in [0.2, 0.25) is 0 Å². The Kier molecular flexibility index (Phi) is 37.2. The molecular weight excluding hydrogens is 622 g/mol. The zero-order valence-electron chi connectivity index (χ0n) is 32.6. The summed E-state index contributed by atoms with van der Waals surface area (Å²) in [5, 5.41) is 43.6. The first-order valence-electron chi connectivity index (χ1n) is 21.0. The molecule has 6 nitrogen and oxygen atoms in total. The molecule has 0 aromatic heterocycles. The second-order valence-electron chi connectivity index (χ2n) is 14.3. The van der Waals surface area contributed by atoms with Crippen LogP contribution < -0.4 is 5.32 Å². The quantitative estimate of drug-likeness (QED) is 0.0327. The lowest BCUT2D eigenvalue weighted by Crippen LogP contribution is -2.53. The number of aliphatic hydroxyl groups is 4. The third-order valence-electron chi connectivity index (χ3n) is 9.47. The van der Waals surface area contributed by atoms with Crippen molar-refractivity contribution in [1.82, 2.24) is 5.32 Å². The molecule has 0 aliphatic heterocycles. The first-order valence-corrected chi connectivity index (χ1v) is 21.0. The second kappa shape index (κ2) is 38.5.